The molecule has 1 heterocycles. The van der Waals surface area contributed by atoms with Crippen molar-refractivity contribution in [1.29, 1.82) is 0 Å². The average Bonchev–Trinajstić information content (AvgIpc) is 2.66. The highest BCUT2D eigenvalue weighted by Crippen LogP contribution is 2.33. The summed E-state index contributed by atoms with van der Waals surface area (Å²) in [4.78, 5) is 5.30. The molecule has 1 nitrogen and oxygen atoms in total. The summed E-state index contributed by atoms with van der Waals surface area (Å²) in [5, 5.41) is 1.06. The number of aryl methyl sites for hydroxylation is 1. The summed E-state index contributed by atoms with van der Waals surface area (Å²) < 4.78 is 13.5. The molecule has 15 heavy (non-hydrogen) atoms. The number of aromatic nitrogens is 1. The zero-order chi connectivity index (χ0) is 10.8. The Balaban J connectivity index is 2.53. The zero-order valence-corrected chi connectivity index (χ0v) is 9.70. The summed E-state index contributed by atoms with van der Waals surface area (Å²) in [6.07, 6.45) is 2.67. The molecule has 0 atom stereocenters. The Kier molecular flexibility index (Phi) is 3.03. The first kappa shape index (κ1) is 10.6. The molecule has 0 bridgehead atoms. The highest BCUT2D eigenvalue weighted by atomic mass is 35.5. The SMILES string of the molecule is CCc1cnc(-c2c(F)cccc2Cl)s1. The summed E-state index contributed by atoms with van der Waals surface area (Å²) in [5.41, 5.74) is 0.406. The van der Waals surface area contributed by atoms with Crippen LogP contribution in [-0.2, 0) is 6.42 Å². The van der Waals surface area contributed by atoms with Gasteiger partial charge in [0.2, 0.25) is 0 Å². The molecule has 2 aromatic rings. The predicted molar refractivity (Wildman–Crippen MR) is 61.9 cm³/mol. The number of hydrogen-bond donors (Lipinski definition) is 0. The van der Waals surface area contributed by atoms with E-state index in [0.29, 0.717) is 15.6 Å². The minimum atomic E-state index is -0.320. The maximum Gasteiger partial charge on any atom is 0.134 e. The van der Waals surface area contributed by atoms with Crippen molar-refractivity contribution in [3.05, 3.63) is 40.1 Å². The van der Waals surface area contributed by atoms with Crippen molar-refractivity contribution in [3.63, 3.8) is 0 Å². The molecule has 0 unspecified atom stereocenters. The van der Waals surface area contributed by atoms with Gasteiger partial charge in [-0.3, -0.25) is 0 Å². The first-order chi connectivity index (χ1) is 7.22. The Bertz CT molecular complexity index is 461. The van der Waals surface area contributed by atoms with Gasteiger partial charge in [0.25, 0.3) is 0 Å². The first-order valence-electron chi connectivity index (χ1n) is 4.61. The van der Waals surface area contributed by atoms with Crippen molar-refractivity contribution < 1.29 is 4.39 Å². The van der Waals surface area contributed by atoms with Crippen LogP contribution in [0.2, 0.25) is 5.02 Å². The lowest BCUT2D eigenvalue weighted by Gasteiger charge is -2.00. The van der Waals surface area contributed by atoms with Crippen LogP contribution in [0.15, 0.2) is 24.4 Å². The van der Waals surface area contributed by atoms with Gasteiger partial charge in [0, 0.05) is 11.1 Å². The van der Waals surface area contributed by atoms with Crippen LogP contribution in [0.4, 0.5) is 4.39 Å². The van der Waals surface area contributed by atoms with Crippen LogP contribution in [0.1, 0.15) is 11.8 Å². The van der Waals surface area contributed by atoms with Crippen molar-refractivity contribution in [2.45, 2.75) is 13.3 Å². The molecule has 0 aliphatic rings. The molecule has 0 fully saturated rings. The molecule has 0 aliphatic carbocycles. The topological polar surface area (TPSA) is 12.9 Å². The van der Waals surface area contributed by atoms with E-state index in [1.54, 1.807) is 18.3 Å². The van der Waals surface area contributed by atoms with Gasteiger partial charge in [0.15, 0.2) is 0 Å². The predicted octanol–water partition coefficient (Wildman–Crippen LogP) is 4.17. The van der Waals surface area contributed by atoms with Crippen LogP contribution in [-0.4, -0.2) is 4.98 Å². The van der Waals surface area contributed by atoms with Gasteiger partial charge in [-0.25, -0.2) is 9.37 Å². The Labute approximate surface area is 96.5 Å². The van der Waals surface area contributed by atoms with Gasteiger partial charge < -0.3 is 0 Å². The van der Waals surface area contributed by atoms with Gasteiger partial charge in [-0.1, -0.05) is 24.6 Å². The smallest absolute Gasteiger partial charge is 0.134 e. The molecular weight excluding hydrogens is 233 g/mol. The highest BCUT2D eigenvalue weighted by molar-refractivity contribution is 7.15. The van der Waals surface area contributed by atoms with Crippen LogP contribution < -0.4 is 0 Å². The molecule has 0 N–H and O–H groups in total. The molecule has 0 amide bonds. The molecule has 4 heteroatoms. The molecule has 2 rings (SSSR count). The van der Waals surface area contributed by atoms with E-state index in [2.05, 4.69) is 4.98 Å². The number of thiazole rings is 1. The van der Waals surface area contributed by atoms with Crippen LogP contribution in [0.5, 0.6) is 0 Å². The van der Waals surface area contributed by atoms with E-state index in [4.69, 9.17) is 11.6 Å². The fourth-order valence-corrected chi connectivity index (χ4v) is 2.51. The van der Waals surface area contributed by atoms with Gasteiger partial charge in [0.1, 0.15) is 10.8 Å². The molecule has 0 spiro atoms. The van der Waals surface area contributed by atoms with Crippen LogP contribution in [0, 0.1) is 5.82 Å². The second-order valence-electron chi connectivity index (χ2n) is 3.08. The third-order valence-corrected chi connectivity index (χ3v) is 3.55. The van der Waals surface area contributed by atoms with Crippen molar-refractivity contribution in [1.82, 2.24) is 4.98 Å². The fraction of sp³-hybridized carbons (Fsp3) is 0.182. The van der Waals surface area contributed by atoms with E-state index in [0.717, 1.165) is 11.3 Å². The van der Waals surface area contributed by atoms with E-state index >= 15 is 0 Å². The monoisotopic (exact) mass is 241 g/mol. The van der Waals surface area contributed by atoms with Gasteiger partial charge in [-0.2, -0.15) is 0 Å². The Morgan fingerprint density at radius 2 is 2.27 bits per heavy atom. The summed E-state index contributed by atoms with van der Waals surface area (Å²) in [5.74, 6) is -0.320. The van der Waals surface area contributed by atoms with Crippen LogP contribution in [0.3, 0.4) is 0 Å². The van der Waals surface area contributed by atoms with E-state index < -0.39 is 0 Å². The largest absolute Gasteiger partial charge is 0.244 e. The molecule has 0 radical (unpaired) electrons. The minimum Gasteiger partial charge on any atom is -0.244 e. The van der Waals surface area contributed by atoms with Crippen molar-refractivity contribution in [3.8, 4) is 10.6 Å². The first-order valence-corrected chi connectivity index (χ1v) is 5.81. The maximum atomic E-state index is 13.5. The second kappa shape index (κ2) is 4.29. The van der Waals surface area contributed by atoms with E-state index in [-0.39, 0.29) is 5.82 Å². The van der Waals surface area contributed by atoms with Crippen molar-refractivity contribution in [2.75, 3.05) is 0 Å². The molecule has 0 saturated heterocycles. The third-order valence-electron chi connectivity index (χ3n) is 2.08. The summed E-state index contributed by atoms with van der Waals surface area (Å²) in [6.45, 7) is 2.04. The van der Waals surface area contributed by atoms with E-state index in [1.165, 1.54) is 17.4 Å². The van der Waals surface area contributed by atoms with Gasteiger partial charge >= 0.3 is 0 Å². The lowest BCUT2D eigenvalue weighted by atomic mass is 10.2. The normalized spacial score (nSPS) is 10.6. The summed E-state index contributed by atoms with van der Waals surface area (Å²) in [6, 6.07) is 4.66. The van der Waals surface area contributed by atoms with Gasteiger partial charge in [-0.05, 0) is 18.6 Å². The molecule has 1 aromatic carbocycles. The molecule has 0 aliphatic heterocycles. The molecular formula is C11H9ClFNS. The number of hydrogen-bond acceptors (Lipinski definition) is 2. The molecule has 1 aromatic heterocycles. The van der Waals surface area contributed by atoms with Crippen LogP contribution in [0.25, 0.3) is 10.6 Å². The fourth-order valence-electron chi connectivity index (χ4n) is 1.29. The third kappa shape index (κ3) is 2.03. The lowest BCUT2D eigenvalue weighted by Crippen LogP contribution is -1.83. The summed E-state index contributed by atoms with van der Waals surface area (Å²) >= 11 is 7.42. The number of halogens is 2. The Morgan fingerprint density at radius 3 is 2.87 bits per heavy atom. The van der Waals surface area contributed by atoms with Crippen molar-refractivity contribution >= 4 is 22.9 Å². The lowest BCUT2D eigenvalue weighted by molar-refractivity contribution is 0.631. The maximum absolute atomic E-state index is 13.5. The van der Waals surface area contributed by atoms with Gasteiger partial charge in [0.05, 0.1) is 10.6 Å². The van der Waals surface area contributed by atoms with Crippen molar-refractivity contribution in [2.24, 2.45) is 0 Å². The quantitative estimate of drug-likeness (QED) is 0.769. The van der Waals surface area contributed by atoms with E-state index in [1.807, 2.05) is 6.92 Å². The average molecular weight is 242 g/mol. The number of rotatable bonds is 2. The zero-order valence-electron chi connectivity index (χ0n) is 8.13. The molecule has 0 saturated carbocycles. The standard InChI is InChI=1S/C11H9ClFNS/c1-2-7-6-14-11(15-7)10-8(12)4-3-5-9(10)13/h3-6H,2H2,1H3. The minimum absolute atomic E-state index is 0.320. The highest BCUT2D eigenvalue weighted by Gasteiger charge is 2.12. The molecule has 78 valence electrons. The summed E-state index contributed by atoms with van der Waals surface area (Å²) in [7, 11) is 0. The Morgan fingerprint density at radius 1 is 1.47 bits per heavy atom. The number of benzene rings is 1. The Hall–Kier alpha value is -0.930. The van der Waals surface area contributed by atoms with E-state index in [9.17, 15) is 4.39 Å². The van der Waals surface area contributed by atoms with Crippen LogP contribution >= 0.6 is 22.9 Å². The number of nitrogens with zero attached hydrogens (tertiary/aromatic N) is 1. The second-order valence-corrected chi connectivity index (χ2v) is 4.60. The van der Waals surface area contributed by atoms with Gasteiger partial charge in [-0.15, -0.1) is 11.3 Å².